The summed E-state index contributed by atoms with van der Waals surface area (Å²) in [7, 11) is 0. The number of para-hydroxylation sites is 2. The summed E-state index contributed by atoms with van der Waals surface area (Å²) in [5.74, 6) is -0.250. The molecule has 27 heavy (non-hydrogen) atoms. The molecule has 0 bridgehead atoms. The van der Waals surface area contributed by atoms with E-state index in [1.807, 2.05) is 49.4 Å². The Labute approximate surface area is 158 Å². The quantitative estimate of drug-likeness (QED) is 0.469. The lowest BCUT2D eigenvalue weighted by atomic mass is 10.1. The third kappa shape index (κ3) is 4.39. The highest BCUT2D eigenvalue weighted by Crippen LogP contribution is 2.29. The van der Waals surface area contributed by atoms with Crippen LogP contribution in [0.3, 0.4) is 0 Å². The van der Waals surface area contributed by atoms with E-state index >= 15 is 0 Å². The van der Waals surface area contributed by atoms with Gasteiger partial charge in [-0.25, -0.2) is 0 Å². The molecule has 0 aliphatic rings. The predicted octanol–water partition coefficient (Wildman–Crippen LogP) is 4.79. The zero-order valence-corrected chi connectivity index (χ0v) is 15.0. The summed E-state index contributed by atoms with van der Waals surface area (Å²) in [5, 5.41) is 11.5. The minimum Gasteiger partial charge on any atom is -0.302 e. The number of carbonyl (C=O) groups is 1. The molecule has 3 aromatic carbocycles. The van der Waals surface area contributed by atoms with Crippen molar-refractivity contribution in [1.29, 1.82) is 0 Å². The number of nitrogens with zero attached hydrogens (tertiary/aromatic N) is 2. The summed E-state index contributed by atoms with van der Waals surface area (Å²) in [6.07, 6.45) is 0.602. The monoisotopic (exact) mass is 360 g/mol. The van der Waals surface area contributed by atoms with Gasteiger partial charge < -0.3 is 4.90 Å². The maximum Gasteiger partial charge on any atom is 0.292 e. The summed E-state index contributed by atoms with van der Waals surface area (Å²) in [6.45, 7) is 2.30. The molecule has 0 saturated carbocycles. The molecular formula is C22H20N2O3. The summed E-state index contributed by atoms with van der Waals surface area (Å²) >= 11 is 0. The fraction of sp³-hybridized carbons (Fsp3) is 0.136. The van der Waals surface area contributed by atoms with Gasteiger partial charge in [0.25, 0.3) is 11.6 Å². The Balaban J connectivity index is 1.97. The standard InChI is InChI=1S/C22H20N2O3/c1-17-11-13-19(14-12-17)22(25)23(16-15-18-7-3-2-4-8-18)20-9-5-6-10-21(20)24(26)27/h2-14H,15-16H2,1H3. The van der Waals surface area contributed by atoms with Crippen LogP contribution in [0, 0.1) is 17.0 Å². The second-order valence-corrected chi connectivity index (χ2v) is 6.30. The Morgan fingerprint density at radius 1 is 0.926 bits per heavy atom. The topological polar surface area (TPSA) is 63.5 Å². The second kappa shape index (κ2) is 8.27. The van der Waals surface area contributed by atoms with Gasteiger partial charge in [-0.3, -0.25) is 14.9 Å². The van der Waals surface area contributed by atoms with Gasteiger partial charge in [0.05, 0.1) is 4.92 Å². The van der Waals surface area contributed by atoms with Crippen LogP contribution < -0.4 is 4.90 Å². The van der Waals surface area contributed by atoms with Crippen molar-refractivity contribution in [3.05, 3.63) is 106 Å². The average Bonchev–Trinajstić information content (AvgIpc) is 2.69. The van der Waals surface area contributed by atoms with Crippen molar-refractivity contribution in [2.75, 3.05) is 11.4 Å². The van der Waals surface area contributed by atoms with Crippen molar-refractivity contribution in [2.45, 2.75) is 13.3 Å². The zero-order valence-electron chi connectivity index (χ0n) is 15.0. The molecule has 0 unspecified atom stereocenters. The van der Waals surface area contributed by atoms with Gasteiger partial charge in [0.2, 0.25) is 0 Å². The Hall–Kier alpha value is -3.47. The second-order valence-electron chi connectivity index (χ2n) is 6.30. The van der Waals surface area contributed by atoms with Gasteiger partial charge >= 0.3 is 0 Å². The average molecular weight is 360 g/mol. The van der Waals surface area contributed by atoms with Crippen LogP contribution in [0.2, 0.25) is 0 Å². The normalized spacial score (nSPS) is 10.4. The first-order chi connectivity index (χ1) is 13.1. The Kier molecular flexibility index (Phi) is 5.61. The van der Waals surface area contributed by atoms with Crippen molar-refractivity contribution in [3.63, 3.8) is 0 Å². The van der Waals surface area contributed by atoms with Crippen LogP contribution in [0.15, 0.2) is 78.9 Å². The highest BCUT2D eigenvalue weighted by atomic mass is 16.6. The van der Waals surface area contributed by atoms with E-state index in [0.717, 1.165) is 11.1 Å². The molecule has 136 valence electrons. The largest absolute Gasteiger partial charge is 0.302 e. The molecule has 0 fully saturated rings. The number of anilines is 1. The number of benzene rings is 3. The van der Waals surface area contributed by atoms with E-state index in [-0.39, 0.29) is 11.6 Å². The zero-order chi connectivity index (χ0) is 19.2. The number of hydrogen-bond acceptors (Lipinski definition) is 3. The van der Waals surface area contributed by atoms with Gasteiger partial charge in [0, 0.05) is 18.2 Å². The van der Waals surface area contributed by atoms with Crippen molar-refractivity contribution in [2.24, 2.45) is 0 Å². The fourth-order valence-corrected chi connectivity index (χ4v) is 2.92. The van der Waals surface area contributed by atoms with Crippen LogP contribution in [-0.4, -0.2) is 17.4 Å². The molecule has 5 nitrogen and oxygen atoms in total. The van der Waals surface area contributed by atoms with Crippen LogP contribution in [0.25, 0.3) is 0 Å². The van der Waals surface area contributed by atoms with Gasteiger partial charge in [-0.1, -0.05) is 60.2 Å². The van der Waals surface area contributed by atoms with Crippen LogP contribution in [0.5, 0.6) is 0 Å². The first-order valence-corrected chi connectivity index (χ1v) is 8.72. The SMILES string of the molecule is Cc1ccc(C(=O)N(CCc2ccccc2)c2ccccc2[N+](=O)[O-])cc1. The molecule has 0 atom stereocenters. The summed E-state index contributed by atoms with van der Waals surface area (Å²) in [4.78, 5) is 25.7. The molecule has 0 radical (unpaired) electrons. The Morgan fingerprint density at radius 2 is 1.56 bits per heavy atom. The van der Waals surface area contributed by atoms with Crippen LogP contribution in [-0.2, 0) is 6.42 Å². The highest BCUT2D eigenvalue weighted by molar-refractivity contribution is 6.07. The van der Waals surface area contributed by atoms with Crippen LogP contribution in [0.1, 0.15) is 21.5 Å². The molecule has 0 heterocycles. The van der Waals surface area contributed by atoms with Crippen LogP contribution >= 0.6 is 0 Å². The fourth-order valence-electron chi connectivity index (χ4n) is 2.92. The third-order valence-corrected chi connectivity index (χ3v) is 4.38. The minimum atomic E-state index is -0.451. The minimum absolute atomic E-state index is 0.0778. The molecule has 3 aromatic rings. The van der Waals surface area contributed by atoms with E-state index in [1.165, 1.54) is 11.0 Å². The molecule has 0 aliphatic heterocycles. The van der Waals surface area contributed by atoms with Crippen molar-refractivity contribution in [1.82, 2.24) is 0 Å². The smallest absolute Gasteiger partial charge is 0.292 e. The summed E-state index contributed by atoms with van der Waals surface area (Å²) in [5.41, 5.74) is 2.85. The predicted molar refractivity (Wildman–Crippen MR) is 106 cm³/mol. The number of rotatable bonds is 6. The van der Waals surface area contributed by atoms with E-state index in [2.05, 4.69) is 0 Å². The molecule has 3 rings (SSSR count). The number of hydrogen-bond donors (Lipinski definition) is 0. The van der Waals surface area contributed by atoms with Crippen LogP contribution in [0.4, 0.5) is 11.4 Å². The van der Waals surface area contributed by atoms with Crippen molar-refractivity contribution in [3.8, 4) is 0 Å². The van der Waals surface area contributed by atoms with Gasteiger partial charge in [-0.15, -0.1) is 0 Å². The first-order valence-electron chi connectivity index (χ1n) is 8.72. The molecule has 0 saturated heterocycles. The third-order valence-electron chi connectivity index (χ3n) is 4.38. The lowest BCUT2D eigenvalue weighted by Crippen LogP contribution is -2.33. The Bertz CT molecular complexity index is 937. The molecule has 0 spiro atoms. The van der Waals surface area contributed by atoms with E-state index in [4.69, 9.17) is 0 Å². The van der Waals surface area contributed by atoms with E-state index in [9.17, 15) is 14.9 Å². The Morgan fingerprint density at radius 3 is 2.22 bits per heavy atom. The number of nitro groups is 1. The number of carbonyl (C=O) groups excluding carboxylic acids is 1. The maximum absolute atomic E-state index is 13.2. The van der Waals surface area contributed by atoms with Gasteiger partial charge in [-0.2, -0.15) is 0 Å². The van der Waals surface area contributed by atoms with Gasteiger partial charge in [0.15, 0.2) is 0 Å². The molecule has 0 aromatic heterocycles. The lowest BCUT2D eigenvalue weighted by Gasteiger charge is -2.23. The van der Waals surface area contributed by atoms with E-state index in [0.29, 0.717) is 24.2 Å². The van der Waals surface area contributed by atoms with Crippen molar-refractivity contribution >= 4 is 17.3 Å². The number of amides is 1. The lowest BCUT2D eigenvalue weighted by molar-refractivity contribution is -0.384. The summed E-state index contributed by atoms with van der Waals surface area (Å²) in [6, 6.07) is 23.4. The molecule has 0 N–H and O–H groups in total. The van der Waals surface area contributed by atoms with Gasteiger partial charge in [0.1, 0.15) is 5.69 Å². The maximum atomic E-state index is 13.2. The van der Waals surface area contributed by atoms with E-state index < -0.39 is 4.92 Å². The molecular weight excluding hydrogens is 340 g/mol. The molecule has 1 amide bonds. The highest BCUT2D eigenvalue weighted by Gasteiger charge is 2.24. The number of aryl methyl sites for hydroxylation is 1. The van der Waals surface area contributed by atoms with E-state index in [1.54, 1.807) is 30.3 Å². The van der Waals surface area contributed by atoms with Gasteiger partial charge in [-0.05, 0) is 37.1 Å². The first kappa shape index (κ1) is 18.3. The summed E-state index contributed by atoms with van der Waals surface area (Å²) < 4.78 is 0. The number of nitro benzene ring substituents is 1. The van der Waals surface area contributed by atoms with Crippen molar-refractivity contribution < 1.29 is 9.72 Å². The molecule has 0 aliphatic carbocycles. The molecule has 5 heteroatoms.